The number of Topliss-reactive ketones (excluding diaryl/α,β-unsaturated/α-hetero) is 1. The fourth-order valence-corrected chi connectivity index (χ4v) is 2.19. The minimum absolute atomic E-state index is 0.00548. The molecule has 1 aliphatic rings. The van der Waals surface area contributed by atoms with Crippen molar-refractivity contribution in [3.8, 4) is 0 Å². The molecule has 0 radical (unpaired) electrons. The topological polar surface area (TPSA) is 61.8 Å². The summed E-state index contributed by atoms with van der Waals surface area (Å²) in [6, 6.07) is 0. The normalized spacial score (nSPS) is 24.8. The van der Waals surface area contributed by atoms with Crippen LogP contribution in [-0.2, 0) is 23.8 Å². The summed E-state index contributed by atoms with van der Waals surface area (Å²) in [6.45, 7) is 17.3. The zero-order chi connectivity index (χ0) is 17.8. The lowest BCUT2D eigenvalue weighted by Crippen LogP contribution is -2.48. The number of allylic oxidation sites excluding steroid dienone is 1. The van der Waals surface area contributed by atoms with Gasteiger partial charge in [0.15, 0.2) is 12.1 Å². The minimum Gasteiger partial charge on any atom is -0.462 e. The van der Waals surface area contributed by atoms with Gasteiger partial charge >= 0.3 is 5.97 Å². The summed E-state index contributed by atoms with van der Waals surface area (Å²) >= 11 is 0. The van der Waals surface area contributed by atoms with Crippen molar-refractivity contribution in [2.75, 3.05) is 19.8 Å². The lowest BCUT2D eigenvalue weighted by atomic mass is 9.83. The fourth-order valence-electron chi connectivity index (χ4n) is 2.19. The van der Waals surface area contributed by atoms with E-state index in [0.29, 0.717) is 30.8 Å². The molecule has 0 aromatic heterocycles. The molecule has 1 fully saturated rings. The molecule has 0 saturated carbocycles. The van der Waals surface area contributed by atoms with Gasteiger partial charge in [-0.05, 0) is 19.4 Å². The zero-order valence-corrected chi connectivity index (χ0v) is 14.9. The van der Waals surface area contributed by atoms with E-state index >= 15 is 0 Å². The second kappa shape index (κ2) is 7.41. The Kier molecular flexibility index (Phi) is 6.31. The molecular weight excluding hydrogens is 296 g/mol. The van der Waals surface area contributed by atoms with Gasteiger partial charge in [-0.15, -0.1) is 0 Å². The highest BCUT2D eigenvalue weighted by Crippen LogP contribution is 2.35. The third kappa shape index (κ3) is 5.59. The highest BCUT2D eigenvalue weighted by Gasteiger charge is 2.41. The standard InChI is InChI=1S/C18H28O5/c1-12(2)14(19)8-17(5,6)16-22-10-18(7,11-23-16)9-21-15(20)13(3)4/h16H,1,3,8-11H2,2,4-7H3. The lowest BCUT2D eigenvalue weighted by molar-refractivity contribution is -0.271. The van der Waals surface area contributed by atoms with E-state index < -0.39 is 23.1 Å². The first-order valence-corrected chi connectivity index (χ1v) is 7.71. The van der Waals surface area contributed by atoms with Crippen molar-refractivity contribution in [1.82, 2.24) is 0 Å². The van der Waals surface area contributed by atoms with E-state index in [2.05, 4.69) is 13.2 Å². The van der Waals surface area contributed by atoms with Crippen LogP contribution in [0.25, 0.3) is 0 Å². The highest BCUT2D eigenvalue weighted by atomic mass is 16.7. The van der Waals surface area contributed by atoms with Gasteiger partial charge in [0, 0.05) is 22.8 Å². The van der Waals surface area contributed by atoms with E-state index in [1.54, 1.807) is 13.8 Å². The first-order valence-electron chi connectivity index (χ1n) is 7.71. The monoisotopic (exact) mass is 324 g/mol. The van der Waals surface area contributed by atoms with Crippen LogP contribution in [0.3, 0.4) is 0 Å². The van der Waals surface area contributed by atoms with Crippen LogP contribution in [0.1, 0.15) is 41.0 Å². The Morgan fingerprint density at radius 1 is 1.17 bits per heavy atom. The van der Waals surface area contributed by atoms with Crippen LogP contribution in [0.15, 0.2) is 24.3 Å². The van der Waals surface area contributed by atoms with Gasteiger partial charge < -0.3 is 14.2 Å². The Labute approximate surface area is 138 Å². The maximum Gasteiger partial charge on any atom is 0.333 e. The summed E-state index contributed by atoms with van der Waals surface area (Å²) in [5, 5.41) is 0. The Balaban J connectivity index is 2.56. The third-order valence-corrected chi connectivity index (χ3v) is 3.80. The van der Waals surface area contributed by atoms with Crippen molar-refractivity contribution in [2.24, 2.45) is 10.8 Å². The maximum atomic E-state index is 11.9. The van der Waals surface area contributed by atoms with Crippen LogP contribution in [0, 0.1) is 10.8 Å². The molecule has 0 aliphatic carbocycles. The van der Waals surface area contributed by atoms with Gasteiger partial charge in [0.25, 0.3) is 0 Å². The SMILES string of the molecule is C=C(C)C(=O)CC(C)(C)C1OCC(C)(COC(=O)C(=C)C)CO1. The van der Waals surface area contributed by atoms with Crippen molar-refractivity contribution in [3.05, 3.63) is 24.3 Å². The van der Waals surface area contributed by atoms with Gasteiger partial charge in [-0.2, -0.15) is 0 Å². The number of ketones is 1. The summed E-state index contributed by atoms with van der Waals surface area (Å²) in [7, 11) is 0. The van der Waals surface area contributed by atoms with Gasteiger partial charge in [-0.3, -0.25) is 4.79 Å². The molecule has 0 unspecified atom stereocenters. The molecule has 0 amide bonds. The van der Waals surface area contributed by atoms with E-state index in [0.717, 1.165) is 0 Å². The summed E-state index contributed by atoms with van der Waals surface area (Å²) < 4.78 is 16.8. The molecule has 0 atom stereocenters. The Bertz CT molecular complexity index is 496. The van der Waals surface area contributed by atoms with Gasteiger partial charge in [0.2, 0.25) is 0 Å². The number of hydrogen-bond donors (Lipinski definition) is 0. The van der Waals surface area contributed by atoms with Crippen molar-refractivity contribution >= 4 is 11.8 Å². The first-order chi connectivity index (χ1) is 10.5. The summed E-state index contributed by atoms with van der Waals surface area (Å²) in [4.78, 5) is 23.4. The molecule has 23 heavy (non-hydrogen) atoms. The first kappa shape index (κ1) is 19.6. The quantitative estimate of drug-likeness (QED) is 0.532. The molecule has 5 nitrogen and oxygen atoms in total. The van der Waals surface area contributed by atoms with Crippen LogP contribution in [-0.4, -0.2) is 37.9 Å². The molecule has 5 heteroatoms. The van der Waals surface area contributed by atoms with Gasteiger partial charge in [0.05, 0.1) is 13.2 Å². The van der Waals surface area contributed by atoms with Crippen LogP contribution in [0.4, 0.5) is 0 Å². The smallest absolute Gasteiger partial charge is 0.333 e. The van der Waals surface area contributed by atoms with Crippen molar-refractivity contribution in [1.29, 1.82) is 0 Å². The fraction of sp³-hybridized carbons (Fsp3) is 0.667. The second-order valence-electron chi connectivity index (χ2n) is 7.49. The number of hydrogen-bond acceptors (Lipinski definition) is 5. The molecule has 1 aliphatic heterocycles. The molecule has 0 aromatic carbocycles. The van der Waals surface area contributed by atoms with E-state index in [1.165, 1.54) is 0 Å². The molecule has 1 saturated heterocycles. The van der Waals surface area contributed by atoms with E-state index in [9.17, 15) is 9.59 Å². The van der Waals surface area contributed by atoms with E-state index in [-0.39, 0.29) is 12.4 Å². The average Bonchev–Trinajstić information content (AvgIpc) is 2.44. The Hall–Kier alpha value is -1.46. The van der Waals surface area contributed by atoms with Crippen molar-refractivity contribution in [3.63, 3.8) is 0 Å². The van der Waals surface area contributed by atoms with Gasteiger partial charge in [0.1, 0.15) is 6.61 Å². The van der Waals surface area contributed by atoms with Crippen LogP contribution >= 0.6 is 0 Å². The van der Waals surface area contributed by atoms with Crippen LogP contribution < -0.4 is 0 Å². The number of carbonyl (C=O) groups excluding carboxylic acids is 2. The number of rotatable bonds is 7. The summed E-state index contributed by atoms with van der Waals surface area (Å²) in [5.74, 6) is -0.411. The van der Waals surface area contributed by atoms with Crippen molar-refractivity contribution < 1.29 is 23.8 Å². The summed E-state index contributed by atoms with van der Waals surface area (Å²) in [6.07, 6.45) is -0.162. The van der Waals surface area contributed by atoms with Crippen LogP contribution in [0.2, 0.25) is 0 Å². The van der Waals surface area contributed by atoms with E-state index in [4.69, 9.17) is 14.2 Å². The molecule has 0 N–H and O–H groups in total. The summed E-state index contributed by atoms with van der Waals surface area (Å²) in [5.41, 5.74) is 0.0379. The largest absolute Gasteiger partial charge is 0.462 e. The lowest BCUT2D eigenvalue weighted by Gasteiger charge is -2.42. The predicted molar refractivity (Wildman–Crippen MR) is 87.8 cm³/mol. The molecule has 130 valence electrons. The van der Waals surface area contributed by atoms with Gasteiger partial charge in [-0.25, -0.2) is 4.79 Å². The molecule has 0 bridgehead atoms. The molecule has 0 spiro atoms. The third-order valence-electron chi connectivity index (χ3n) is 3.80. The molecule has 1 heterocycles. The highest BCUT2D eigenvalue weighted by molar-refractivity contribution is 5.94. The molecule has 0 aromatic rings. The number of esters is 1. The van der Waals surface area contributed by atoms with E-state index in [1.807, 2.05) is 20.8 Å². The molecular formula is C18H28O5. The van der Waals surface area contributed by atoms with Crippen molar-refractivity contribution in [2.45, 2.75) is 47.3 Å². The number of carbonyl (C=O) groups is 2. The van der Waals surface area contributed by atoms with Gasteiger partial charge in [-0.1, -0.05) is 33.9 Å². The average molecular weight is 324 g/mol. The molecule has 1 rings (SSSR count). The second-order valence-corrected chi connectivity index (χ2v) is 7.49. The zero-order valence-electron chi connectivity index (χ0n) is 14.9. The van der Waals surface area contributed by atoms with Crippen LogP contribution in [0.5, 0.6) is 0 Å². The number of ether oxygens (including phenoxy) is 3. The predicted octanol–water partition coefficient (Wildman–Crippen LogP) is 3.05. The Morgan fingerprint density at radius 3 is 2.13 bits per heavy atom. The minimum atomic E-state index is -0.476. The Morgan fingerprint density at radius 2 is 1.70 bits per heavy atom. The maximum absolute atomic E-state index is 11.9.